The molecule has 2 nitrogen and oxygen atoms in total. The lowest BCUT2D eigenvalue weighted by molar-refractivity contribution is -0.132. The predicted octanol–water partition coefficient (Wildman–Crippen LogP) is 0.641. The summed E-state index contributed by atoms with van der Waals surface area (Å²) in [6.45, 7) is 0. The highest BCUT2D eigenvalue weighted by molar-refractivity contribution is 6.46. The molecule has 0 spiro atoms. The van der Waals surface area contributed by atoms with Gasteiger partial charge in [0, 0.05) is 0 Å². The van der Waals surface area contributed by atoms with Gasteiger partial charge in [0.05, 0.1) is 0 Å². The molecule has 0 radical (unpaired) electrons. The Labute approximate surface area is 47.5 Å². The van der Waals surface area contributed by atoms with Gasteiger partial charge in [-0.15, -0.1) is 0 Å². The Morgan fingerprint density at radius 3 is 2.43 bits per heavy atom. The average molecular weight is 114 g/mol. The van der Waals surface area contributed by atoms with Gasteiger partial charge in [-0.2, -0.15) is 0 Å². The number of hydrogen-bond acceptors (Lipinski definition) is 2. The first-order valence-electron chi connectivity index (χ1n) is 2.76. The van der Waals surface area contributed by atoms with E-state index in [0.717, 1.165) is 6.42 Å². The third-order valence-electron chi connectivity index (χ3n) is 1.49. The van der Waals surface area contributed by atoms with Crippen LogP contribution in [0.15, 0.2) is 0 Å². The maximum atomic E-state index is 5.29. The fourth-order valence-corrected chi connectivity index (χ4v) is 2.88. The first-order valence-corrected chi connectivity index (χ1v) is 4.52. The Balaban J connectivity index is 1.99. The molecule has 0 saturated carbocycles. The largest absolute Gasteiger partial charge is 0.678 e. The molecule has 3 heteroatoms. The van der Waals surface area contributed by atoms with E-state index in [0.29, 0.717) is 0 Å². The van der Waals surface area contributed by atoms with Crippen molar-refractivity contribution < 1.29 is 7.58 Å². The van der Waals surface area contributed by atoms with Crippen LogP contribution in [0, 0.1) is 0 Å². The maximum absolute atomic E-state index is 5.29. The maximum Gasteiger partial charge on any atom is 0.678 e. The minimum atomic E-state index is -0.951. The first kappa shape index (κ1) is 4.34. The van der Waals surface area contributed by atoms with E-state index in [1.165, 1.54) is 11.7 Å². The highest BCUT2D eigenvalue weighted by Crippen LogP contribution is 2.28. The standard InChI is InChI=1S/C4H7O2.Al/c1-2-3-4(5)6;/h4H,1-3H2;/q-2;+2. The van der Waals surface area contributed by atoms with Gasteiger partial charge in [-0.3, -0.25) is 0 Å². The molecule has 3 fully saturated rings. The SMILES string of the molecule is C1CC2[O][Al]([CH2]1)[O]2. The van der Waals surface area contributed by atoms with Crippen molar-refractivity contribution in [1.82, 2.24) is 0 Å². The summed E-state index contributed by atoms with van der Waals surface area (Å²) in [6.07, 6.45) is 2.73. The lowest BCUT2D eigenvalue weighted by Gasteiger charge is -2.38. The van der Waals surface area contributed by atoms with Gasteiger partial charge < -0.3 is 7.58 Å². The van der Waals surface area contributed by atoms with Crippen molar-refractivity contribution in [3.05, 3.63) is 0 Å². The molecule has 3 aliphatic rings. The van der Waals surface area contributed by atoms with Crippen molar-refractivity contribution in [2.24, 2.45) is 0 Å². The minimum Gasteiger partial charge on any atom is -0.457 e. The van der Waals surface area contributed by atoms with Crippen molar-refractivity contribution in [2.75, 3.05) is 0 Å². The molecular weight excluding hydrogens is 107 g/mol. The summed E-state index contributed by atoms with van der Waals surface area (Å²) in [6, 6.07) is 0. The van der Waals surface area contributed by atoms with Gasteiger partial charge in [-0.25, -0.2) is 0 Å². The molecular formula is C4H7AlO2. The highest BCUT2D eigenvalue weighted by Gasteiger charge is 2.43. The average Bonchev–Trinajstić information content (AvgIpc) is 1.67. The van der Waals surface area contributed by atoms with Crippen LogP contribution in [-0.4, -0.2) is 21.1 Å². The van der Waals surface area contributed by atoms with Gasteiger partial charge in [-0.1, -0.05) is 6.42 Å². The Morgan fingerprint density at radius 1 is 1.43 bits per heavy atom. The Morgan fingerprint density at radius 2 is 2.29 bits per heavy atom. The van der Waals surface area contributed by atoms with E-state index in [1.807, 2.05) is 0 Å². The van der Waals surface area contributed by atoms with E-state index < -0.39 is 14.8 Å². The van der Waals surface area contributed by atoms with Crippen LogP contribution in [0.1, 0.15) is 12.8 Å². The van der Waals surface area contributed by atoms with Crippen LogP contribution in [0.2, 0.25) is 5.28 Å². The molecule has 0 aromatic heterocycles. The van der Waals surface area contributed by atoms with Gasteiger partial charge in [-0.05, 0) is 11.7 Å². The molecule has 0 aliphatic carbocycles. The molecule has 7 heavy (non-hydrogen) atoms. The fraction of sp³-hybridized carbons (Fsp3) is 1.00. The topological polar surface area (TPSA) is 18.5 Å². The lowest BCUT2D eigenvalue weighted by Crippen LogP contribution is -2.48. The van der Waals surface area contributed by atoms with Gasteiger partial charge in [0.2, 0.25) is 0 Å². The minimum absolute atomic E-state index is 0.241. The van der Waals surface area contributed by atoms with Crippen molar-refractivity contribution in [3.8, 4) is 0 Å². The second-order valence-corrected chi connectivity index (χ2v) is 4.04. The summed E-state index contributed by atoms with van der Waals surface area (Å²) in [5.74, 6) is 0. The zero-order valence-corrected chi connectivity index (χ0v) is 5.25. The molecule has 3 saturated heterocycles. The summed E-state index contributed by atoms with van der Waals surface area (Å²) in [4.78, 5) is 0. The summed E-state index contributed by atoms with van der Waals surface area (Å²) in [5, 5.41) is 1.25. The summed E-state index contributed by atoms with van der Waals surface area (Å²) < 4.78 is 10.6. The summed E-state index contributed by atoms with van der Waals surface area (Å²) >= 11 is -0.951. The van der Waals surface area contributed by atoms with Crippen LogP contribution in [0.4, 0.5) is 0 Å². The first-order chi connectivity index (χ1) is 3.45. The fourth-order valence-electron chi connectivity index (χ4n) is 1.07. The van der Waals surface area contributed by atoms with Crippen LogP contribution in [0.5, 0.6) is 0 Å². The van der Waals surface area contributed by atoms with Crippen molar-refractivity contribution in [2.45, 2.75) is 24.4 Å². The van der Waals surface area contributed by atoms with Crippen LogP contribution in [0.25, 0.3) is 0 Å². The van der Waals surface area contributed by atoms with Crippen molar-refractivity contribution in [3.63, 3.8) is 0 Å². The molecule has 38 valence electrons. The van der Waals surface area contributed by atoms with E-state index in [4.69, 9.17) is 7.58 Å². The van der Waals surface area contributed by atoms with E-state index >= 15 is 0 Å². The van der Waals surface area contributed by atoms with E-state index in [2.05, 4.69) is 0 Å². The van der Waals surface area contributed by atoms with Crippen LogP contribution in [-0.2, 0) is 7.58 Å². The summed E-state index contributed by atoms with van der Waals surface area (Å²) in [7, 11) is 0. The van der Waals surface area contributed by atoms with E-state index in [-0.39, 0.29) is 6.29 Å². The van der Waals surface area contributed by atoms with Gasteiger partial charge in [0.15, 0.2) is 0 Å². The van der Waals surface area contributed by atoms with Crippen LogP contribution < -0.4 is 0 Å². The van der Waals surface area contributed by atoms with Crippen molar-refractivity contribution in [1.29, 1.82) is 0 Å². The molecule has 0 unspecified atom stereocenters. The molecule has 3 rings (SSSR count). The number of hydrogen-bond donors (Lipinski definition) is 0. The van der Waals surface area contributed by atoms with E-state index in [9.17, 15) is 0 Å². The Bertz CT molecular complexity index is 66.2. The van der Waals surface area contributed by atoms with Crippen LogP contribution in [0.3, 0.4) is 0 Å². The monoisotopic (exact) mass is 114 g/mol. The molecule has 0 atom stereocenters. The normalized spacial score (nSPS) is 30.0. The van der Waals surface area contributed by atoms with Crippen molar-refractivity contribution >= 4 is 14.8 Å². The van der Waals surface area contributed by atoms with Gasteiger partial charge in [0.1, 0.15) is 6.29 Å². The Kier molecular flexibility index (Phi) is 0.907. The number of rotatable bonds is 0. The van der Waals surface area contributed by atoms with E-state index in [1.54, 1.807) is 0 Å². The quantitative estimate of drug-likeness (QED) is 0.430. The molecule has 0 N–H and O–H groups in total. The molecule has 3 aliphatic heterocycles. The third-order valence-corrected chi connectivity index (χ3v) is 3.58. The smallest absolute Gasteiger partial charge is 0.457 e. The molecule has 0 aromatic rings. The zero-order chi connectivity index (χ0) is 4.69. The molecule has 2 bridgehead atoms. The number of fused-ring (bicyclic) bond motifs is 2. The van der Waals surface area contributed by atoms with Gasteiger partial charge >= 0.3 is 14.8 Å². The molecule has 0 aromatic carbocycles. The summed E-state index contributed by atoms with van der Waals surface area (Å²) in [5.41, 5.74) is 0. The molecule has 0 amide bonds. The second-order valence-electron chi connectivity index (χ2n) is 2.06. The molecule has 3 heterocycles. The third kappa shape index (κ3) is 0.612. The predicted molar refractivity (Wildman–Crippen MR) is 25.8 cm³/mol. The lowest BCUT2D eigenvalue weighted by atomic mass is 10.3. The zero-order valence-electron chi connectivity index (χ0n) is 4.09. The van der Waals surface area contributed by atoms with Gasteiger partial charge in [0.25, 0.3) is 0 Å². The highest BCUT2D eigenvalue weighted by atomic mass is 27.2. The second kappa shape index (κ2) is 1.46. The van der Waals surface area contributed by atoms with Crippen LogP contribution >= 0.6 is 0 Å². The Hall–Kier alpha value is 0.452.